The summed E-state index contributed by atoms with van der Waals surface area (Å²) in [4.78, 5) is 5.85. The van der Waals surface area contributed by atoms with Crippen LogP contribution in [0, 0.1) is 116 Å². The number of fused-ring (bicyclic) bond motifs is 1. The average Bonchev–Trinajstić information content (AvgIpc) is 3.39. The second-order valence-corrected chi connectivity index (χ2v) is 17.4. The Morgan fingerprint density at radius 1 is 0.311 bits per heavy atom. The van der Waals surface area contributed by atoms with E-state index >= 15 is 35.1 Å². The fourth-order valence-electron chi connectivity index (χ4n) is 8.89. The SMILES string of the molecule is CCCCCCCCCCCCCCCCCCO[n+]1ccc2ccccc2c1.Fc1c(F)c(F)c([B-](c2c(F)c(F)c(F)c(F)c2F)(c2c(F)c(F)c(F)c(F)c2F)c2c(F)c(F)c(F)c(F)c2F)c(F)c1F. The van der Waals surface area contributed by atoms with Crippen molar-refractivity contribution in [1.29, 1.82) is 0 Å². The number of halogens is 20. The van der Waals surface area contributed by atoms with Crippen molar-refractivity contribution < 1.29 is 97.4 Å². The molecule has 0 saturated carbocycles. The summed E-state index contributed by atoms with van der Waals surface area (Å²) in [5, 5.41) is 2.48. The second-order valence-electron chi connectivity index (χ2n) is 17.4. The average molecular weight is 1080 g/mol. The van der Waals surface area contributed by atoms with Gasteiger partial charge in [0.2, 0.25) is 12.4 Å². The molecule has 0 aliphatic carbocycles. The molecule has 1 heterocycles. The Morgan fingerprint density at radius 3 is 0.838 bits per heavy atom. The van der Waals surface area contributed by atoms with Crippen LogP contribution in [0.5, 0.6) is 0 Å². The maximum absolute atomic E-state index is 15.4. The Bertz CT molecular complexity index is 2570. The Hall–Kier alpha value is -6.03. The zero-order valence-corrected chi connectivity index (χ0v) is 39.1. The molecule has 5 aromatic carbocycles. The number of rotatable bonds is 22. The van der Waals surface area contributed by atoms with E-state index in [0.717, 1.165) is 13.0 Å². The van der Waals surface area contributed by atoms with E-state index in [1.54, 1.807) is 0 Å². The van der Waals surface area contributed by atoms with Crippen molar-refractivity contribution in [2.45, 2.75) is 110 Å². The number of hydrogen-bond donors (Lipinski definition) is 0. The van der Waals surface area contributed by atoms with Gasteiger partial charge in [-0.1, -0.05) is 115 Å². The van der Waals surface area contributed by atoms with Gasteiger partial charge in [-0.15, -0.1) is 21.9 Å². The zero-order valence-electron chi connectivity index (χ0n) is 39.1. The van der Waals surface area contributed by atoms with Crippen molar-refractivity contribution in [3.8, 4) is 0 Å². The van der Waals surface area contributed by atoms with Gasteiger partial charge in [-0.05, 0) is 24.3 Å². The number of benzene rings is 5. The highest BCUT2D eigenvalue weighted by Crippen LogP contribution is 2.31. The van der Waals surface area contributed by atoms with Crippen LogP contribution in [0.15, 0.2) is 42.7 Å². The first-order chi connectivity index (χ1) is 35.1. The molecule has 0 bridgehead atoms. The number of unbranched alkanes of at least 4 members (excludes halogenated alkanes) is 15. The third-order valence-corrected chi connectivity index (χ3v) is 12.6. The quantitative estimate of drug-likeness (QED) is 0.0165. The second kappa shape index (κ2) is 26.0. The molecule has 0 radical (unpaired) electrons. The van der Waals surface area contributed by atoms with E-state index in [4.69, 9.17) is 4.84 Å². The molecule has 0 N–H and O–H groups in total. The van der Waals surface area contributed by atoms with Crippen LogP contribution in [0.2, 0.25) is 0 Å². The van der Waals surface area contributed by atoms with Gasteiger partial charge < -0.3 is 0 Å². The highest BCUT2D eigenvalue weighted by atomic mass is 19.2. The van der Waals surface area contributed by atoms with Crippen molar-refractivity contribution >= 4 is 38.8 Å². The van der Waals surface area contributed by atoms with Crippen LogP contribution in [-0.2, 0) is 0 Å². The van der Waals surface area contributed by atoms with Crippen molar-refractivity contribution in [2.75, 3.05) is 6.61 Å². The Labute approximate surface area is 410 Å². The smallest absolute Gasteiger partial charge is 0.230 e. The summed E-state index contributed by atoms with van der Waals surface area (Å²) in [5.74, 6) is -71.4. The lowest BCUT2D eigenvalue weighted by atomic mass is 9.12. The highest BCUT2D eigenvalue weighted by Gasteiger charge is 2.52. The number of aromatic nitrogens is 1. The van der Waals surface area contributed by atoms with E-state index < -0.39 is 144 Å². The lowest BCUT2D eigenvalue weighted by Crippen LogP contribution is -2.81. The molecule has 402 valence electrons. The summed E-state index contributed by atoms with van der Waals surface area (Å²) in [6.07, 6.45) is 19.3. The zero-order chi connectivity index (χ0) is 54.8. The van der Waals surface area contributed by atoms with Gasteiger partial charge in [0.1, 0.15) is 52.7 Å². The molecule has 0 saturated heterocycles. The van der Waals surface area contributed by atoms with Gasteiger partial charge in [0.25, 0.3) is 0 Å². The molecule has 0 spiro atoms. The van der Waals surface area contributed by atoms with Crippen molar-refractivity contribution in [1.82, 2.24) is 0 Å². The number of nitrogens with zero attached hydrogens (tertiary/aromatic N) is 1. The summed E-state index contributed by atoms with van der Waals surface area (Å²) in [5.41, 5.74) is -14.3. The minimum atomic E-state index is -7.22. The van der Waals surface area contributed by atoms with Crippen LogP contribution < -0.4 is 31.4 Å². The summed E-state index contributed by atoms with van der Waals surface area (Å²) >= 11 is 0. The van der Waals surface area contributed by atoms with Crippen LogP contribution in [0.4, 0.5) is 87.8 Å². The van der Waals surface area contributed by atoms with Crippen molar-refractivity contribution in [3.63, 3.8) is 0 Å². The van der Waals surface area contributed by atoms with E-state index in [-0.39, 0.29) is 0 Å². The van der Waals surface area contributed by atoms with E-state index in [1.165, 1.54) is 107 Å². The van der Waals surface area contributed by atoms with E-state index in [9.17, 15) is 52.7 Å². The summed E-state index contributed by atoms with van der Waals surface area (Å²) in [7, 11) is 0. The first kappa shape index (κ1) is 58.9. The van der Waals surface area contributed by atoms with Crippen molar-refractivity contribution in [2.24, 2.45) is 0 Å². The van der Waals surface area contributed by atoms with Gasteiger partial charge >= 0.3 is 0 Å². The first-order valence-corrected chi connectivity index (χ1v) is 23.4. The topological polar surface area (TPSA) is 13.1 Å². The molecule has 0 amide bonds. The lowest BCUT2D eigenvalue weighted by molar-refractivity contribution is -0.890. The predicted octanol–water partition coefficient (Wildman–Crippen LogP) is 13.7. The molecule has 6 rings (SSSR count). The van der Waals surface area contributed by atoms with Gasteiger partial charge in [-0.2, -0.15) is 0 Å². The molecular formula is C51H44BF20NO. The van der Waals surface area contributed by atoms with Crippen LogP contribution in [0.1, 0.15) is 110 Å². The third-order valence-electron chi connectivity index (χ3n) is 12.6. The van der Waals surface area contributed by atoms with E-state index in [1.807, 2.05) is 10.9 Å². The summed E-state index contributed by atoms with van der Waals surface area (Å²) < 4.78 is 296. The molecule has 0 fully saturated rings. The van der Waals surface area contributed by atoms with Crippen LogP contribution >= 0.6 is 0 Å². The van der Waals surface area contributed by atoms with Gasteiger partial charge in [0.05, 0.1) is 5.39 Å². The molecule has 0 atom stereocenters. The molecular weight excluding hydrogens is 1030 g/mol. The Balaban J connectivity index is 0.000000302. The minimum Gasteiger partial charge on any atom is -0.271 e. The highest BCUT2D eigenvalue weighted by molar-refractivity contribution is 7.20. The largest absolute Gasteiger partial charge is 0.271 e. The van der Waals surface area contributed by atoms with Crippen LogP contribution in [0.25, 0.3) is 10.8 Å². The number of hydrogen-bond acceptors (Lipinski definition) is 1. The molecule has 6 aromatic rings. The normalized spacial score (nSPS) is 11.7. The molecule has 0 aliphatic heterocycles. The molecule has 2 nitrogen and oxygen atoms in total. The van der Waals surface area contributed by atoms with Crippen LogP contribution in [-0.4, -0.2) is 12.8 Å². The molecule has 0 aliphatic rings. The third kappa shape index (κ3) is 11.9. The van der Waals surface area contributed by atoms with Gasteiger partial charge in [-0.3, -0.25) is 4.84 Å². The van der Waals surface area contributed by atoms with Gasteiger partial charge in [-0.25, -0.2) is 87.8 Å². The van der Waals surface area contributed by atoms with Crippen molar-refractivity contribution in [3.05, 3.63) is 159 Å². The van der Waals surface area contributed by atoms with E-state index in [0.29, 0.717) is 0 Å². The first-order valence-electron chi connectivity index (χ1n) is 23.4. The number of pyridine rings is 1. The van der Waals surface area contributed by atoms with Gasteiger partial charge in [0.15, 0.2) is 76.4 Å². The van der Waals surface area contributed by atoms with Crippen LogP contribution in [0.3, 0.4) is 0 Å². The minimum absolute atomic E-state index is 0.807. The maximum atomic E-state index is 15.4. The predicted molar refractivity (Wildman–Crippen MR) is 234 cm³/mol. The maximum Gasteiger partial charge on any atom is 0.230 e. The Kier molecular flexibility index (Phi) is 20.6. The monoisotopic (exact) mass is 1080 g/mol. The molecule has 23 heteroatoms. The molecule has 1 aromatic heterocycles. The lowest BCUT2D eigenvalue weighted by Gasteiger charge is -2.44. The standard InChI is InChI=1S/C27H44NO.C24BF20/c1-2-3-4-5-6-7-8-9-10-11-12-13-14-15-16-19-24-29-28-23-22-26-20-17-18-21-27(26)25-28;26-5-1(6(27)14(35)21(42)13(5)34)25(2-7(28)15(36)22(43)16(37)8(2)29,3-9(30)17(38)23(44)18(39)10(3)31)4-11(32)19(40)24(45)20(41)12(4)33/h17-18,20-23,25H,2-16,19,24H2,1H3;/q+1;-1. The van der Waals surface area contributed by atoms with Gasteiger partial charge in [0, 0.05) is 10.8 Å². The molecule has 0 unspecified atom stereocenters. The van der Waals surface area contributed by atoms with E-state index in [2.05, 4.69) is 43.5 Å². The Morgan fingerprint density at radius 2 is 0.554 bits per heavy atom. The summed E-state index contributed by atoms with van der Waals surface area (Å²) in [6.45, 7) is 3.10. The fourth-order valence-corrected chi connectivity index (χ4v) is 8.89. The fraction of sp³-hybridized carbons (Fsp3) is 0.353. The molecule has 74 heavy (non-hydrogen) atoms. The summed E-state index contributed by atoms with van der Waals surface area (Å²) in [6, 6.07) is 10.5.